The van der Waals surface area contributed by atoms with Gasteiger partial charge in [-0.05, 0) is 72.0 Å². The lowest BCUT2D eigenvalue weighted by atomic mass is 9.88. The minimum Gasteiger partial charge on any atom is -0.462 e. The van der Waals surface area contributed by atoms with Gasteiger partial charge in [0.25, 0.3) is 0 Å². The van der Waals surface area contributed by atoms with Crippen molar-refractivity contribution in [3.05, 3.63) is 130 Å². The van der Waals surface area contributed by atoms with E-state index < -0.39 is 11.6 Å². The molecule has 6 heteroatoms. The molecule has 3 aromatic rings. The van der Waals surface area contributed by atoms with Crippen LogP contribution >= 0.6 is 0 Å². The van der Waals surface area contributed by atoms with Crippen molar-refractivity contribution in [2.45, 2.75) is 25.9 Å². The molecule has 4 rings (SSSR count). The number of allylic oxidation sites excluding steroid dienone is 5. The molecule has 42 heavy (non-hydrogen) atoms. The predicted octanol–water partition coefficient (Wildman–Crippen LogP) is 5.75. The number of ether oxygens (including phenoxy) is 1. The topological polar surface area (TPSA) is 69.8 Å². The van der Waals surface area contributed by atoms with Gasteiger partial charge in [-0.2, -0.15) is 0 Å². The molecule has 0 heterocycles. The Morgan fingerprint density at radius 2 is 1.38 bits per heavy atom. The Bertz CT molecular complexity index is 1560. The average molecular weight is 564 g/mol. The number of hydrogen-bond donors (Lipinski definition) is 1. The fourth-order valence-electron chi connectivity index (χ4n) is 4.72. The second kappa shape index (κ2) is 13.0. The van der Waals surface area contributed by atoms with Gasteiger partial charge in [0, 0.05) is 43.9 Å². The zero-order chi connectivity index (χ0) is 30.4. The maximum Gasteiger partial charge on any atom is 0.338 e. The van der Waals surface area contributed by atoms with E-state index in [0.717, 1.165) is 39.2 Å². The van der Waals surface area contributed by atoms with Crippen molar-refractivity contribution < 1.29 is 24.0 Å². The van der Waals surface area contributed by atoms with E-state index in [1.807, 2.05) is 58.5 Å². The molecule has 0 fully saturated rings. The van der Waals surface area contributed by atoms with Crippen molar-refractivity contribution in [1.29, 1.82) is 0 Å². The Morgan fingerprint density at radius 1 is 0.810 bits per heavy atom. The molecule has 0 radical (unpaired) electrons. The third-order valence-electron chi connectivity index (χ3n) is 7.16. The molecule has 0 unspecified atom stereocenters. The summed E-state index contributed by atoms with van der Waals surface area (Å²) in [5, 5.41) is 9.98. The molecule has 0 saturated heterocycles. The van der Waals surface area contributed by atoms with Crippen LogP contribution in [-0.2, 0) is 11.2 Å². The number of carbonyl (C=O) groups excluding carboxylic acids is 2. The molecule has 3 aromatic carbocycles. The molecule has 0 saturated carbocycles. The molecule has 216 valence electrons. The van der Waals surface area contributed by atoms with Gasteiger partial charge in [-0.1, -0.05) is 54.6 Å². The fraction of sp³-hybridized carbons (Fsp3) is 0.250. The second-order valence-corrected chi connectivity index (χ2v) is 11.3. The SMILES string of the molecule is CN(C)c1ccc(C(=C2C=CC(=[N+](C)C)C=C2)c2ccccc2C(=O)OCCc2ccc(C(=O)C(C)(C)O)cc2)cc1. The Morgan fingerprint density at radius 3 is 1.93 bits per heavy atom. The van der Waals surface area contributed by atoms with Crippen LogP contribution in [-0.4, -0.2) is 67.5 Å². The van der Waals surface area contributed by atoms with E-state index >= 15 is 0 Å². The third-order valence-corrected chi connectivity index (χ3v) is 7.16. The van der Waals surface area contributed by atoms with Crippen LogP contribution in [0.25, 0.3) is 5.57 Å². The van der Waals surface area contributed by atoms with Crippen LogP contribution in [0.15, 0.2) is 103 Å². The van der Waals surface area contributed by atoms with Gasteiger partial charge < -0.3 is 14.7 Å². The summed E-state index contributed by atoms with van der Waals surface area (Å²) in [4.78, 5) is 27.8. The summed E-state index contributed by atoms with van der Waals surface area (Å²) in [6.45, 7) is 3.14. The second-order valence-electron chi connectivity index (χ2n) is 11.3. The van der Waals surface area contributed by atoms with E-state index in [9.17, 15) is 14.7 Å². The highest BCUT2D eigenvalue weighted by Crippen LogP contribution is 2.33. The summed E-state index contributed by atoms with van der Waals surface area (Å²) in [7, 11) is 8.03. The molecule has 0 amide bonds. The number of benzene rings is 3. The van der Waals surface area contributed by atoms with E-state index in [1.54, 1.807) is 18.2 Å². The van der Waals surface area contributed by atoms with Crippen LogP contribution in [0, 0.1) is 0 Å². The van der Waals surface area contributed by atoms with Crippen molar-refractivity contribution >= 4 is 28.7 Å². The van der Waals surface area contributed by atoms with Gasteiger partial charge in [-0.15, -0.1) is 0 Å². The smallest absolute Gasteiger partial charge is 0.338 e. The van der Waals surface area contributed by atoms with Crippen molar-refractivity contribution in [3.8, 4) is 0 Å². The number of nitrogens with zero attached hydrogens (tertiary/aromatic N) is 2. The van der Waals surface area contributed by atoms with Gasteiger partial charge in [0.2, 0.25) is 0 Å². The lowest BCUT2D eigenvalue weighted by Crippen LogP contribution is -2.31. The Labute approximate surface area is 248 Å². The number of esters is 1. The number of aliphatic hydroxyl groups is 1. The summed E-state index contributed by atoms with van der Waals surface area (Å²) in [6.07, 6.45) is 8.81. The van der Waals surface area contributed by atoms with Gasteiger partial charge in [-0.25, -0.2) is 9.37 Å². The van der Waals surface area contributed by atoms with Crippen LogP contribution in [0.5, 0.6) is 0 Å². The first kappa shape index (κ1) is 30.4. The summed E-state index contributed by atoms with van der Waals surface area (Å²) in [5.74, 6) is -0.733. The molecule has 1 aliphatic carbocycles. The first-order valence-corrected chi connectivity index (χ1v) is 14.0. The van der Waals surface area contributed by atoms with Crippen molar-refractivity contribution in [3.63, 3.8) is 0 Å². The van der Waals surface area contributed by atoms with E-state index in [-0.39, 0.29) is 12.4 Å². The van der Waals surface area contributed by atoms with Crippen molar-refractivity contribution in [2.75, 3.05) is 39.7 Å². The number of Topliss-reactive ketones (excluding diaryl/α,β-unsaturated/α-hetero) is 1. The minimum absolute atomic E-state index is 0.191. The summed E-state index contributed by atoms with van der Waals surface area (Å²) in [6, 6.07) is 22.9. The minimum atomic E-state index is -1.43. The highest BCUT2D eigenvalue weighted by atomic mass is 16.5. The molecule has 0 atom stereocenters. The molecular weight excluding hydrogens is 524 g/mol. The van der Waals surface area contributed by atoms with Gasteiger partial charge in [0.05, 0.1) is 12.2 Å². The van der Waals surface area contributed by atoms with Gasteiger partial charge in [0.1, 0.15) is 19.7 Å². The molecule has 1 N–H and O–H groups in total. The maximum atomic E-state index is 13.4. The number of rotatable bonds is 9. The van der Waals surface area contributed by atoms with Gasteiger partial charge in [0.15, 0.2) is 11.5 Å². The largest absolute Gasteiger partial charge is 0.462 e. The Balaban J connectivity index is 1.60. The monoisotopic (exact) mass is 563 g/mol. The molecule has 0 bridgehead atoms. The molecule has 0 spiro atoms. The zero-order valence-electron chi connectivity index (χ0n) is 25.2. The molecule has 0 aromatic heterocycles. The lowest BCUT2D eigenvalue weighted by Gasteiger charge is -2.18. The number of carbonyl (C=O) groups is 2. The molecule has 6 nitrogen and oxygen atoms in total. The van der Waals surface area contributed by atoms with E-state index in [4.69, 9.17) is 4.74 Å². The molecular formula is C36H39N2O4+. The predicted molar refractivity (Wildman–Crippen MR) is 170 cm³/mol. The highest BCUT2D eigenvalue weighted by molar-refractivity contribution is 6.05. The number of anilines is 1. The quantitative estimate of drug-likeness (QED) is 0.204. The van der Waals surface area contributed by atoms with Crippen LogP contribution in [0.4, 0.5) is 5.69 Å². The Hall–Kier alpha value is -4.55. The highest BCUT2D eigenvalue weighted by Gasteiger charge is 2.25. The summed E-state index contributed by atoms with van der Waals surface area (Å²) >= 11 is 0. The standard InChI is InChI=1S/C36H39N2O4/c1-36(2,41)34(39)28-13-11-25(12-14-28)23-24-42-35(40)32-10-8-7-9-31(32)33(26-15-19-29(20-16-26)37(3)4)27-17-21-30(22-18-27)38(5)6/h7-22,41H,23-24H2,1-6H3/q+1. The normalized spacial score (nSPS) is 12.7. The van der Waals surface area contributed by atoms with Crippen LogP contribution in [0.2, 0.25) is 0 Å². The van der Waals surface area contributed by atoms with E-state index in [1.165, 1.54) is 13.8 Å². The van der Waals surface area contributed by atoms with Crippen molar-refractivity contribution in [1.82, 2.24) is 0 Å². The Kier molecular flexibility index (Phi) is 9.38. The first-order valence-electron chi connectivity index (χ1n) is 14.0. The van der Waals surface area contributed by atoms with E-state index in [0.29, 0.717) is 17.5 Å². The third kappa shape index (κ3) is 7.20. The fourth-order valence-corrected chi connectivity index (χ4v) is 4.72. The maximum absolute atomic E-state index is 13.4. The van der Waals surface area contributed by atoms with Crippen LogP contribution < -0.4 is 4.90 Å². The average Bonchev–Trinajstić information content (AvgIpc) is 2.97. The van der Waals surface area contributed by atoms with Crippen LogP contribution in [0.3, 0.4) is 0 Å². The molecule has 1 aliphatic rings. The number of hydrogen-bond acceptors (Lipinski definition) is 5. The molecule has 0 aliphatic heterocycles. The summed E-state index contributed by atoms with van der Waals surface area (Å²) < 4.78 is 7.81. The van der Waals surface area contributed by atoms with E-state index in [2.05, 4.69) is 58.0 Å². The zero-order valence-corrected chi connectivity index (χ0v) is 25.2. The lowest BCUT2D eigenvalue weighted by molar-refractivity contribution is -0.462. The van der Waals surface area contributed by atoms with Crippen molar-refractivity contribution in [2.24, 2.45) is 0 Å². The van der Waals surface area contributed by atoms with Crippen LogP contribution in [0.1, 0.15) is 51.3 Å². The van der Waals surface area contributed by atoms with Gasteiger partial charge >= 0.3 is 5.97 Å². The summed E-state index contributed by atoms with van der Waals surface area (Å²) in [5.41, 5.74) is 6.36. The number of ketones is 1. The van der Waals surface area contributed by atoms with Gasteiger partial charge in [-0.3, -0.25) is 4.79 Å². The first-order chi connectivity index (χ1) is 20.0.